The van der Waals surface area contributed by atoms with Crippen molar-refractivity contribution in [1.29, 1.82) is 0 Å². The van der Waals surface area contributed by atoms with Gasteiger partial charge in [-0.2, -0.15) is 8.42 Å². The molecular formula is C7H5FO4S. The van der Waals surface area contributed by atoms with Crippen molar-refractivity contribution in [3.05, 3.63) is 24.3 Å². The highest BCUT2D eigenvalue weighted by molar-refractivity contribution is 7.86. The van der Waals surface area contributed by atoms with Crippen molar-refractivity contribution in [2.45, 2.75) is 4.90 Å². The van der Waals surface area contributed by atoms with E-state index < -0.39 is 15.1 Å². The zero-order valence-corrected chi connectivity index (χ0v) is 7.12. The fourth-order valence-electron chi connectivity index (χ4n) is 0.736. The number of benzene rings is 1. The molecule has 13 heavy (non-hydrogen) atoms. The number of ether oxygens (including phenoxy) is 1. The van der Waals surface area contributed by atoms with E-state index in [1.807, 2.05) is 0 Å². The summed E-state index contributed by atoms with van der Waals surface area (Å²) in [6.07, 6.45) is 0. The average molecular weight is 204 g/mol. The molecule has 0 aromatic heterocycles. The van der Waals surface area contributed by atoms with Gasteiger partial charge in [-0.1, -0.05) is 0 Å². The first-order chi connectivity index (χ1) is 6.04. The Morgan fingerprint density at radius 3 is 2.15 bits per heavy atom. The third-order valence-electron chi connectivity index (χ3n) is 1.29. The van der Waals surface area contributed by atoms with E-state index in [0.717, 1.165) is 12.1 Å². The minimum atomic E-state index is -4.68. The van der Waals surface area contributed by atoms with Gasteiger partial charge in [-0.15, -0.1) is 3.89 Å². The molecule has 0 radical (unpaired) electrons. The van der Waals surface area contributed by atoms with Gasteiger partial charge in [0.1, 0.15) is 5.75 Å². The SMILES string of the molecule is O=COc1ccc(S(=O)(=O)F)cc1. The third kappa shape index (κ3) is 2.51. The van der Waals surface area contributed by atoms with Crippen LogP contribution in [0.3, 0.4) is 0 Å². The maximum absolute atomic E-state index is 12.3. The van der Waals surface area contributed by atoms with E-state index in [4.69, 9.17) is 0 Å². The van der Waals surface area contributed by atoms with Crippen LogP contribution < -0.4 is 4.74 Å². The first-order valence-electron chi connectivity index (χ1n) is 3.19. The normalized spacial score (nSPS) is 10.8. The van der Waals surface area contributed by atoms with Crippen LogP contribution >= 0.6 is 0 Å². The Labute approximate surface area is 74.2 Å². The highest BCUT2D eigenvalue weighted by Gasteiger charge is 2.10. The fraction of sp³-hybridized carbons (Fsp3) is 0. The molecular weight excluding hydrogens is 199 g/mol. The molecule has 0 amide bonds. The summed E-state index contributed by atoms with van der Waals surface area (Å²) in [5.41, 5.74) is 0. The molecule has 0 spiro atoms. The van der Waals surface area contributed by atoms with E-state index in [0.29, 0.717) is 0 Å². The fourth-order valence-corrected chi connectivity index (χ4v) is 1.20. The van der Waals surface area contributed by atoms with E-state index >= 15 is 0 Å². The smallest absolute Gasteiger partial charge is 0.332 e. The van der Waals surface area contributed by atoms with Crippen LogP contribution in [-0.2, 0) is 15.0 Å². The summed E-state index contributed by atoms with van der Waals surface area (Å²) in [6.45, 7) is 0.193. The molecule has 0 aliphatic rings. The summed E-state index contributed by atoms with van der Waals surface area (Å²) in [6, 6.07) is 4.38. The Morgan fingerprint density at radius 2 is 1.77 bits per heavy atom. The van der Waals surface area contributed by atoms with Gasteiger partial charge in [0.25, 0.3) is 6.47 Å². The molecule has 0 N–H and O–H groups in total. The number of halogens is 1. The predicted molar refractivity (Wildman–Crippen MR) is 41.4 cm³/mol. The monoisotopic (exact) mass is 204 g/mol. The van der Waals surface area contributed by atoms with Gasteiger partial charge in [0.05, 0.1) is 4.90 Å². The number of rotatable bonds is 3. The molecule has 0 atom stereocenters. The Hall–Kier alpha value is -1.43. The van der Waals surface area contributed by atoms with E-state index in [9.17, 15) is 17.1 Å². The van der Waals surface area contributed by atoms with Crippen molar-refractivity contribution >= 4 is 16.7 Å². The Kier molecular flexibility index (Phi) is 2.62. The van der Waals surface area contributed by atoms with Crippen molar-refractivity contribution in [3.8, 4) is 5.75 Å². The average Bonchev–Trinajstić information content (AvgIpc) is 2.04. The molecule has 0 aliphatic heterocycles. The van der Waals surface area contributed by atoms with Crippen LogP contribution in [0, 0.1) is 0 Å². The number of hydrogen-bond acceptors (Lipinski definition) is 4. The highest BCUT2D eigenvalue weighted by atomic mass is 32.3. The third-order valence-corrected chi connectivity index (χ3v) is 2.12. The molecule has 1 rings (SSSR count). The molecule has 0 aliphatic carbocycles. The second-order valence-corrected chi connectivity index (χ2v) is 3.47. The van der Waals surface area contributed by atoms with Crippen LogP contribution in [-0.4, -0.2) is 14.9 Å². The summed E-state index contributed by atoms with van der Waals surface area (Å²) in [5, 5.41) is 0. The van der Waals surface area contributed by atoms with Crippen LogP contribution in [0.1, 0.15) is 0 Å². The lowest BCUT2D eigenvalue weighted by Crippen LogP contribution is -1.92. The van der Waals surface area contributed by atoms with E-state index in [1.165, 1.54) is 12.1 Å². The Balaban J connectivity index is 3.01. The van der Waals surface area contributed by atoms with Gasteiger partial charge in [0.15, 0.2) is 0 Å². The summed E-state index contributed by atoms with van der Waals surface area (Å²) in [7, 11) is -4.68. The molecule has 70 valence electrons. The number of carbonyl (C=O) groups is 1. The van der Waals surface area contributed by atoms with Gasteiger partial charge in [-0.05, 0) is 24.3 Å². The van der Waals surface area contributed by atoms with Gasteiger partial charge in [-0.25, -0.2) is 0 Å². The van der Waals surface area contributed by atoms with Gasteiger partial charge < -0.3 is 4.74 Å². The Morgan fingerprint density at radius 1 is 1.23 bits per heavy atom. The van der Waals surface area contributed by atoms with Crippen LogP contribution in [0.15, 0.2) is 29.2 Å². The summed E-state index contributed by atoms with van der Waals surface area (Å²) in [4.78, 5) is 9.37. The lowest BCUT2D eigenvalue weighted by molar-refractivity contribution is -0.120. The van der Waals surface area contributed by atoms with Crippen LogP contribution in [0.4, 0.5) is 3.89 Å². The van der Waals surface area contributed by atoms with Crippen molar-refractivity contribution in [1.82, 2.24) is 0 Å². The topological polar surface area (TPSA) is 60.4 Å². The van der Waals surface area contributed by atoms with E-state index in [-0.39, 0.29) is 12.2 Å². The number of hydrogen-bond donors (Lipinski definition) is 0. The molecule has 0 unspecified atom stereocenters. The van der Waals surface area contributed by atoms with Crippen molar-refractivity contribution in [3.63, 3.8) is 0 Å². The minimum absolute atomic E-state index is 0.155. The minimum Gasteiger partial charge on any atom is -0.429 e. The molecule has 0 saturated carbocycles. The molecule has 0 fully saturated rings. The molecule has 1 aromatic carbocycles. The largest absolute Gasteiger partial charge is 0.429 e. The zero-order chi connectivity index (χ0) is 9.90. The van der Waals surface area contributed by atoms with Gasteiger partial charge in [-0.3, -0.25) is 4.79 Å². The number of carbonyl (C=O) groups excluding carboxylic acids is 1. The lowest BCUT2D eigenvalue weighted by atomic mass is 10.3. The molecule has 0 heterocycles. The summed E-state index contributed by atoms with van der Waals surface area (Å²) < 4.78 is 37.3. The van der Waals surface area contributed by atoms with Crippen molar-refractivity contribution in [2.24, 2.45) is 0 Å². The second-order valence-electron chi connectivity index (χ2n) is 2.12. The van der Waals surface area contributed by atoms with Crippen molar-refractivity contribution < 1.29 is 21.8 Å². The molecule has 1 aromatic rings. The van der Waals surface area contributed by atoms with Crippen LogP contribution in [0.25, 0.3) is 0 Å². The summed E-state index contributed by atoms with van der Waals surface area (Å²) in [5.74, 6) is 0.155. The quantitative estimate of drug-likeness (QED) is 0.541. The maximum atomic E-state index is 12.3. The molecule has 0 bridgehead atoms. The zero-order valence-electron chi connectivity index (χ0n) is 6.31. The summed E-state index contributed by atoms with van der Waals surface area (Å²) >= 11 is 0. The molecule has 4 nitrogen and oxygen atoms in total. The van der Waals surface area contributed by atoms with Gasteiger partial charge in [0.2, 0.25) is 0 Å². The van der Waals surface area contributed by atoms with E-state index in [1.54, 1.807) is 0 Å². The van der Waals surface area contributed by atoms with Crippen LogP contribution in [0.2, 0.25) is 0 Å². The lowest BCUT2D eigenvalue weighted by Gasteiger charge is -1.97. The first kappa shape index (κ1) is 9.66. The predicted octanol–water partition coefficient (Wildman–Crippen LogP) is 0.880. The highest BCUT2D eigenvalue weighted by Crippen LogP contribution is 2.16. The van der Waals surface area contributed by atoms with Gasteiger partial charge in [0, 0.05) is 0 Å². The first-order valence-corrected chi connectivity index (χ1v) is 4.57. The Bertz CT molecular complexity index is 395. The van der Waals surface area contributed by atoms with Gasteiger partial charge >= 0.3 is 10.2 Å². The maximum Gasteiger partial charge on any atom is 0.332 e. The van der Waals surface area contributed by atoms with Crippen molar-refractivity contribution in [2.75, 3.05) is 0 Å². The standard InChI is InChI=1S/C7H5FO4S/c8-13(10,11)7-3-1-6(2-4-7)12-5-9/h1-5H. The molecule has 0 saturated heterocycles. The van der Waals surface area contributed by atoms with Crippen LogP contribution in [0.5, 0.6) is 5.75 Å². The van der Waals surface area contributed by atoms with E-state index in [2.05, 4.69) is 4.74 Å². The molecule has 6 heteroatoms. The second kappa shape index (κ2) is 3.53.